The molecule has 0 atom stereocenters. The maximum atomic E-state index is 11.5. The molecule has 0 heterocycles. The SMILES string of the molecule is CCc1ccccc1C(=O)N[Se]C. The van der Waals surface area contributed by atoms with Crippen LogP contribution >= 0.6 is 0 Å². The van der Waals surface area contributed by atoms with Crippen molar-refractivity contribution in [2.75, 3.05) is 0 Å². The Bertz CT molecular complexity index is 299. The second-order valence-corrected chi connectivity index (χ2v) is 3.93. The van der Waals surface area contributed by atoms with E-state index in [1.54, 1.807) is 0 Å². The molecule has 3 heteroatoms. The summed E-state index contributed by atoms with van der Waals surface area (Å²) < 4.78 is 2.86. The first kappa shape index (κ1) is 10.3. The van der Waals surface area contributed by atoms with Crippen molar-refractivity contribution in [3.63, 3.8) is 0 Å². The van der Waals surface area contributed by atoms with Crippen LogP contribution in [0.15, 0.2) is 24.3 Å². The molecule has 0 radical (unpaired) electrons. The molecule has 1 aromatic rings. The number of hydrogen-bond donors (Lipinski definition) is 1. The van der Waals surface area contributed by atoms with Crippen molar-refractivity contribution in [2.24, 2.45) is 0 Å². The molecule has 0 aliphatic heterocycles. The molecule has 0 aliphatic rings. The number of aryl methyl sites for hydroxylation is 1. The summed E-state index contributed by atoms with van der Waals surface area (Å²) in [6, 6.07) is 7.74. The molecule has 0 fully saturated rings. The first-order valence-electron chi connectivity index (χ1n) is 4.20. The topological polar surface area (TPSA) is 29.1 Å². The van der Waals surface area contributed by atoms with Gasteiger partial charge in [0, 0.05) is 0 Å². The van der Waals surface area contributed by atoms with E-state index in [2.05, 4.69) is 11.3 Å². The number of hydrogen-bond acceptors (Lipinski definition) is 1. The summed E-state index contributed by atoms with van der Waals surface area (Å²) >= 11 is 0.192. The summed E-state index contributed by atoms with van der Waals surface area (Å²) in [5.74, 6) is 2.04. The summed E-state index contributed by atoms with van der Waals surface area (Å²) in [5, 5.41) is 0. The van der Waals surface area contributed by atoms with Crippen molar-refractivity contribution in [2.45, 2.75) is 19.2 Å². The average molecular weight is 242 g/mol. The van der Waals surface area contributed by atoms with Gasteiger partial charge in [-0.05, 0) is 0 Å². The number of amides is 1. The summed E-state index contributed by atoms with van der Waals surface area (Å²) in [6.07, 6.45) is 0.903. The Morgan fingerprint density at radius 3 is 2.77 bits per heavy atom. The van der Waals surface area contributed by atoms with Crippen molar-refractivity contribution in [3.05, 3.63) is 35.4 Å². The van der Waals surface area contributed by atoms with Crippen LogP contribution in [0, 0.1) is 0 Å². The summed E-state index contributed by atoms with van der Waals surface area (Å²) in [7, 11) is 0. The van der Waals surface area contributed by atoms with Gasteiger partial charge in [0.05, 0.1) is 0 Å². The van der Waals surface area contributed by atoms with Crippen molar-refractivity contribution < 1.29 is 4.79 Å². The number of benzene rings is 1. The molecular weight excluding hydrogens is 229 g/mol. The predicted molar refractivity (Wildman–Crippen MR) is 54.9 cm³/mol. The third-order valence-electron chi connectivity index (χ3n) is 1.84. The number of rotatable bonds is 3. The van der Waals surface area contributed by atoms with Gasteiger partial charge in [0.1, 0.15) is 0 Å². The van der Waals surface area contributed by atoms with Crippen molar-refractivity contribution in [3.8, 4) is 0 Å². The zero-order chi connectivity index (χ0) is 9.68. The molecule has 0 unspecified atom stereocenters. The van der Waals surface area contributed by atoms with Crippen LogP contribution in [0.3, 0.4) is 0 Å². The third-order valence-corrected chi connectivity index (χ3v) is 2.65. The Morgan fingerprint density at radius 1 is 1.46 bits per heavy atom. The number of carbonyl (C=O) groups excluding carboxylic acids is 1. The van der Waals surface area contributed by atoms with Gasteiger partial charge in [0.25, 0.3) is 0 Å². The number of carbonyl (C=O) groups is 1. The standard InChI is InChI=1S/C10H13NOSe/c1-3-8-6-4-5-7-9(8)10(12)11-13-2/h4-7H,3H2,1-2H3,(H,11,12). The Labute approximate surface area is 85.1 Å². The fourth-order valence-electron chi connectivity index (χ4n) is 1.20. The van der Waals surface area contributed by atoms with Crippen LogP contribution in [0.4, 0.5) is 0 Å². The summed E-state index contributed by atoms with van der Waals surface area (Å²) in [6.45, 7) is 2.06. The van der Waals surface area contributed by atoms with E-state index < -0.39 is 0 Å². The molecular formula is C10H13NOSe. The predicted octanol–water partition coefficient (Wildman–Crippen LogP) is 1.65. The van der Waals surface area contributed by atoms with Crippen LogP contribution in [0.25, 0.3) is 0 Å². The molecule has 0 aliphatic carbocycles. The monoisotopic (exact) mass is 243 g/mol. The van der Waals surface area contributed by atoms with Crippen molar-refractivity contribution in [1.82, 2.24) is 4.33 Å². The Morgan fingerprint density at radius 2 is 2.15 bits per heavy atom. The van der Waals surface area contributed by atoms with E-state index in [-0.39, 0.29) is 21.1 Å². The van der Waals surface area contributed by atoms with Gasteiger partial charge in [0.2, 0.25) is 0 Å². The summed E-state index contributed by atoms with van der Waals surface area (Å²) in [5.41, 5.74) is 1.93. The van der Waals surface area contributed by atoms with Crippen LogP contribution in [0.1, 0.15) is 22.8 Å². The molecule has 0 saturated carbocycles. The molecule has 1 aromatic carbocycles. The van der Waals surface area contributed by atoms with Gasteiger partial charge >= 0.3 is 84.8 Å². The molecule has 70 valence electrons. The minimum atomic E-state index is 0.0555. The molecule has 2 nitrogen and oxygen atoms in total. The van der Waals surface area contributed by atoms with E-state index in [1.165, 1.54) is 0 Å². The normalized spacial score (nSPS) is 9.69. The Hall–Kier alpha value is -0.791. The van der Waals surface area contributed by atoms with Crippen molar-refractivity contribution >= 4 is 21.1 Å². The molecule has 1 N–H and O–H groups in total. The van der Waals surface area contributed by atoms with Gasteiger partial charge in [-0.15, -0.1) is 0 Å². The molecule has 0 aromatic heterocycles. The molecule has 1 rings (SSSR count). The van der Waals surface area contributed by atoms with Crippen LogP contribution in [0.2, 0.25) is 5.82 Å². The fraction of sp³-hybridized carbons (Fsp3) is 0.300. The van der Waals surface area contributed by atoms with E-state index in [1.807, 2.05) is 30.1 Å². The zero-order valence-corrected chi connectivity index (χ0v) is 9.55. The number of nitrogens with one attached hydrogen (secondary N) is 1. The molecule has 0 saturated heterocycles. The molecule has 0 bridgehead atoms. The average Bonchev–Trinajstić information content (AvgIpc) is 2.18. The van der Waals surface area contributed by atoms with Gasteiger partial charge in [-0.25, -0.2) is 0 Å². The van der Waals surface area contributed by atoms with E-state index in [4.69, 9.17) is 0 Å². The van der Waals surface area contributed by atoms with Crippen molar-refractivity contribution in [1.29, 1.82) is 0 Å². The Balaban J connectivity index is 2.92. The summed E-state index contributed by atoms with van der Waals surface area (Å²) in [4.78, 5) is 11.5. The maximum absolute atomic E-state index is 11.5. The second-order valence-electron chi connectivity index (χ2n) is 2.65. The van der Waals surface area contributed by atoms with Crippen LogP contribution in [-0.4, -0.2) is 21.1 Å². The molecule has 0 spiro atoms. The molecule has 13 heavy (non-hydrogen) atoms. The van der Waals surface area contributed by atoms with Gasteiger partial charge in [0.15, 0.2) is 0 Å². The first-order valence-corrected chi connectivity index (χ1v) is 6.77. The fourth-order valence-corrected chi connectivity index (χ4v) is 1.82. The van der Waals surface area contributed by atoms with E-state index in [9.17, 15) is 4.79 Å². The van der Waals surface area contributed by atoms with Gasteiger partial charge in [-0.3, -0.25) is 0 Å². The van der Waals surface area contributed by atoms with E-state index >= 15 is 0 Å². The van der Waals surface area contributed by atoms with Crippen LogP contribution in [-0.2, 0) is 6.42 Å². The van der Waals surface area contributed by atoms with Gasteiger partial charge in [-0.1, -0.05) is 0 Å². The van der Waals surface area contributed by atoms with E-state index in [0.717, 1.165) is 17.5 Å². The molecule has 1 amide bonds. The van der Waals surface area contributed by atoms with Crippen LogP contribution < -0.4 is 4.33 Å². The van der Waals surface area contributed by atoms with E-state index in [0.29, 0.717) is 0 Å². The second kappa shape index (κ2) is 5.05. The van der Waals surface area contributed by atoms with Crippen LogP contribution in [0.5, 0.6) is 0 Å². The Kier molecular flexibility index (Phi) is 4.00. The third kappa shape index (κ3) is 2.58. The first-order chi connectivity index (χ1) is 6.29. The quantitative estimate of drug-likeness (QED) is 0.802. The van der Waals surface area contributed by atoms with Gasteiger partial charge < -0.3 is 0 Å². The van der Waals surface area contributed by atoms with Gasteiger partial charge in [-0.2, -0.15) is 0 Å². The zero-order valence-electron chi connectivity index (χ0n) is 7.83. The minimum absolute atomic E-state index is 0.0555.